The summed E-state index contributed by atoms with van der Waals surface area (Å²) in [7, 11) is 1.49. The number of hydrogen-bond donors (Lipinski definition) is 1. The van der Waals surface area contributed by atoms with Gasteiger partial charge in [0.1, 0.15) is 12.4 Å². The Hall–Kier alpha value is -3.80. The molecule has 1 amide bonds. The Morgan fingerprint density at radius 2 is 1.58 bits per heavy atom. The molecule has 6 nitrogen and oxygen atoms in total. The quantitative estimate of drug-likeness (QED) is 0.622. The number of para-hydroxylation sites is 1. The van der Waals surface area contributed by atoms with Crippen molar-refractivity contribution in [1.29, 1.82) is 0 Å². The summed E-state index contributed by atoms with van der Waals surface area (Å²) in [4.78, 5) is 27.2. The van der Waals surface area contributed by atoms with Crippen LogP contribution in [0.15, 0.2) is 72.8 Å². The van der Waals surface area contributed by atoms with Crippen LogP contribution in [0.4, 0.5) is 4.79 Å². The molecule has 0 fully saturated rings. The third-order valence-corrected chi connectivity index (χ3v) is 6.96. The van der Waals surface area contributed by atoms with E-state index in [-0.39, 0.29) is 19.1 Å². The predicted molar refractivity (Wildman–Crippen MR) is 123 cm³/mol. The zero-order valence-electron chi connectivity index (χ0n) is 18.5. The largest absolute Gasteiger partial charge is 0.493 e. The van der Waals surface area contributed by atoms with Crippen molar-refractivity contribution < 1.29 is 24.2 Å². The van der Waals surface area contributed by atoms with E-state index >= 15 is 0 Å². The second-order valence-corrected chi connectivity index (χ2v) is 8.64. The number of hydrogen-bond acceptors (Lipinski definition) is 4. The second-order valence-electron chi connectivity index (χ2n) is 8.64. The number of carbonyl (C=O) groups excluding carboxylic acids is 1. The number of aliphatic carboxylic acids is 1. The van der Waals surface area contributed by atoms with Gasteiger partial charge < -0.3 is 14.6 Å². The lowest BCUT2D eigenvalue weighted by Crippen LogP contribution is -2.59. The normalized spacial score (nSPS) is 20.7. The molecular formula is C27H25NO5. The molecule has 3 aromatic rings. The molecule has 3 aromatic carbocycles. The molecule has 0 radical (unpaired) electrons. The lowest BCUT2D eigenvalue weighted by atomic mass is 9.76. The zero-order valence-corrected chi connectivity index (χ0v) is 18.5. The molecule has 1 heterocycles. The second kappa shape index (κ2) is 7.96. The number of ether oxygens (including phenoxy) is 2. The molecule has 33 heavy (non-hydrogen) atoms. The van der Waals surface area contributed by atoms with Gasteiger partial charge in [-0.2, -0.15) is 0 Å². The van der Waals surface area contributed by atoms with E-state index in [2.05, 4.69) is 12.1 Å². The van der Waals surface area contributed by atoms with Gasteiger partial charge in [-0.15, -0.1) is 0 Å². The molecule has 168 valence electrons. The average Bonchev–Trinajstić information content (AvgIpc) is 3.15. The fourth-order valence-electron chi connectivity index (χ4n) is 5.32. The first-order chi connectivity index (χ1) is 16.0. The summed E-state index contributed by atoms with van der Waals surface area (Å²) in [6.45, 7) is 2.08. The van der Waals surface area contributed by atoms with E-state index in [1.54, 1.807) is 31.2 Å². The van der Waals surface area contributed by atoms with Crippen LogP contribution in [0.1, 0.15) is 29.5 Å². The molecule has 0 saturated heterocycles. The summed E-state index contributed by atoms with van der Waals surface area (Å²) in [5.41, 5.74) is 3.34. The molecule has 0 aromatic heterocycles. The number of benzene rings is 3. The van der Waals surface area contributed by atoms with Gasteiger partial charge in [0, 0.05) is 24.4 Å². The molecule has 1 N–H and O–H groups in total. The van der Waals surface area contributed by atoms with E-state index in [9.17, 15) is 14.7 Å². The third-order valence-electron chi connectivity index (χ3n) is 6.96. The van der Waals surface area contributed by atoms with E-state index in [1.165, 1.54) is 11.9 Å². The Bertz CT molecular complexity index is 1190. The molecule has 1 aliphatic heterocycles. The Balaban J connectivity index is 1.45. The third kappa shape index (κ3) is 3.09. The van der Waals surface area contributed by atoms with E-state index < -0.39 is 23.5 Å². The number of likely N-dealkylation sites (N-methyl/N-ethyl adjacent to an activating group) is 1. The van der Waals surface area contributed by atoms with E-state index in [4.69, 9.17) is 9.47 Å². The van der Waals surface area contributed by atoms with Crippen molar-refractivity contribution in [2.24, 2.45) is 5.92 Å². The minimum atomic E-state index is -1.59. The highest BCUT2D eigenvalue weighted by molar-refractivity contribution is 5.87. The van der Waals surface area contributed by atoms with Crippen LogP contribution in [0.2, 0.25) is 0 Å². The molecule has 1 aliphatic carbocycles. The van der Waals surface area contributed by atoms with Crippen LogP contribution in [0.25, 0.3) is 11.1 Å². The van der Waals surface area contributed by atoms with E-state index in [0.717, 1.165) is 22.3 Å². The van der Waals surface area contributed by atoms with Gasteiger partial charge in [-0.1, -0.05) is 73.7 Å². The standard InChI is InChI=1S/C27H25NO5/c1-17-15-32-24-14-8-7-13-23(24)27(17,25(29)30)28(2)26(31)33-16-22-20-11-5-3-9-18(20)19-10-4-6-12-21(19)22/h3-14,17,22H,15-16H2,1-2H3,(H,29,30). The fourth-order valence-corrected chi connectivity index (χ4v) is 5.32. The zero-order chi connectivity index (χ0) is 23.2. The molecule has 6 heteroatoms. The average molecular weight is 443 g/mol. The van der Waals surface area contributed by atoms with E-state index in [0.29, 0.717) is 11.3 Å². The topological polar surface area (TPSA) is 76.1 Å². The first-order valence-corrected chi connectivity index (χ1v) is 11.0. The Morgan fingerprint density at radius 1 is 1.00 bits per heavy atom. The molecule has 0 saturated carbocycles. The summed E-state index contributed by atoms with van der Waals surface area (Å²) in [6.07, 6.45) is -0.678. The first kappa shape index (κ1) is 21.1. The summed E-state index contributed by atoms with van der Waals surface area (Å²) in [5, 5.41) is 10.4. The minimum absolute atomic E-state index is 0.102. The summed E-state index contributed by atoms with van der Waals surface area (Å²) in [5.74, 6) is -1.22. The number of carboxylic acids is 1. The maximum absolute atomic E-state index is 13.3. The van der Waals surface area contributed by atoms with Crippen molar-refractivity contribution in [3.05, 3.63) is 89.5 Å². The van der Waals surface area contributed by atoms with Crippen molar-refractivity contribution >= 4 is 12.1 Å². The number of amides is 1. The first-order valence-electron chi connectivity index (χ1n) is 11.0. The molecule has 5 rings (SSSR count). The number of rotatable bonds is 4. The number of fused-ring (bicyclic) bond motifs is 4. The lowest BCUT2D eigenvalue weighted by molar-refractivity contribution is -0.156. The number of carbonyl (C=O) groups is 2. The van der Waals surface area contributed by atoms with Gasteiger partial charge in [0.2, 0.25) is 0 Å². The maximum atomic E-state index is 13.3. The smallest absolute Gasteiger partial charge is 0.410 e. The van der Waals surface area contributed by atoms with Gasteiger partial charge in [0.15, 0.2) is 5.54 Å². The van der Waals surface area contributed by atoms with Crippen LogP contribution in [0.3, 0.4) is 0 Å². The summed E-state index contributed by atoms with van der Waals surface area (Å²) < 4.78 is 11.5. The molecule has 2 unspecified atom stereocenters. The van der Waals surface area contributed by atoms with Crippen LogP contribution >= 0.6 is 0 Å². The van der Waals surface area contributed by atoms with Crippen molar-refractivity contribution in [3.8, 4) is 16.9 Å². The number of carboxylic acid groups (broad SMARTS) is 1. The summed E-state index contributed by atoms with van der Waals surface area (Å²) >= 11 is 0. The lowest BCUT2D eigenvalue weighted by Gasteiger charge is -2.45. The van der Waals surface area contributed by atoms with Crippen LogP contribution < -0.4 is 4.74 Å². The van der Waals surface area contributed by atoms with Crippen LogP contribution in [0.5, 0.6) is 5.75 Å². The Morgan fingerprint density at radius 3 is 2.21 bits per heavy atom. The van der Waals surface area contributed by atoms with Gasteiger partial charge in [0.05, 0.1) is 6.61 Å². The van der Waals surface area contributed by atoms with Crippen molar-refractivity contribution in [3.63, 3.8) is 0 Å². The van der Waals surface area contributed by atoms with Crippen LogP contribution in [-0.4, -0.2) is 42.3 Å². The summed E-state index contributed by atoms with van der Waals surface area (Å²) in [6, 6.07) is 23.2. The Labute approximate surface area is 192 Å². The van der Waals surface area contributed by atoms with Crippen LogP contribution in [0, 0.1) is 5.92 Å². The fraction of sp³-hybridized carbons (Fsp3) is 0.259. The highest BCUT2D eigenvalue weighted by Crippen LogP contribution is 2.46. The highest BCUT2D eigenvalue weighted by Gasteiger charge is 2.55. The van der Waals surface area contributed by atoms with Crippen LogP contribution in [-0.2, 0) is 15.1 Å². The van der Waals surface area contributed by atoms with Crippen molar-refractivity contribution in [2.75, 3.05) is 20.3 Å². The van der Waals surface area contributed by atoms with Crippen molar-refractivity contribution in [1.82, 2.24) is 4.90 Å². The molecular weight excluding hydrogens is 418 g/mol. The minimum Gasteiger partial charge on any atom is -0.493 e. The molecule has 2 atom stereocenters. The predicted octanol–water partition coefficient (Wildman–Crippen LogP) is 4.88. The molecule has 0 bridgehead atoms. The van der Waals surface area contributed by atoms with Gasteiger partial charge in [-0.3, -0.25) is 4.90 Å². The number of nitrogens with zero attached hydrogens (tertiary/aromatic N) is 1. The highest BCUT2D eigenvalue weighted by atomic mass is 16.6. The SMILES string of the molecule is CC1COc2ccccc2C1(C(=O)O)N(C)C(=O)OCC1c2ccccc2-c2ccccc21. The monoisotopic (exact) mass is 443 g/mol. The van der Waals surface area contributed by atoms with Gasteiger partial charge in [-0.05, 0) is 28.3 Å². The van der Waals surface area contributed by atoms with Gasteiger partial charge in [-0.25, -0.2) is 9.59 Å². The Kier molecular flexibility index (Phi) is 5.08. The maximum Gasteiger partial charge on any atom is 0.410 e. The van der Waals surface area contributed by atoms with Gasteiger partial charge in [0.25, 0.3) is 0 Å². The van der Waals surface area contributed by atoms with E-state index in [1.807, 2.05) is 36.4 Å². The molecule has 0 spiro atoms. The molecule has 2 aliphatic rings. The van der Waals surface area contributed by atoms with Gasteiger partial charge >= 0.3 is 12.1 Å². The van der Waals surface area contributed by atoms with Crippen molar-refractivity contribution in [2.45, 2.75) is 18.4 Å².